The van der Waals surface area contributed by atoms with Crippen LogP contribution in [0.2, 0.25) is 0 Å². The number of aliphatic hydroxyl groups is 1. The van der Waals surface area contributed by atoms with Gasteiger partial charge in [0.15, 0.2) is 5.82 Å². The van der Waals surface area contributed by atoms with E-state index in [4.69, 9.17) is 4.74 Å². The molecular formula is C16H17N3O2. The summed E-state index contributed by atoms with van der Waals surface area (Å²) in [5, 5.41) is 9.67. The highest BCUT2D eigenvalue weighted by Gasteiger charge is 2.23. The van der Waals surface area contributed by atoms with Gasteiger partial charge in [0.1, 0.15) is 11.6 Å². The van der Waals surface area contributed by atoms with Gasteiger partial charge in [-0.05, 0) is 24.1 Å². The van der Waals surface area contributed by atoms with Crippen molar-refractivity contribution in [2.45, 2.75) is 18.9 Å². The van der Waals surface area contributed by atoms with Crippen LogP contribution >= 0.6 is 0 Å². The van der Waals surface area contributed by atoms with E-state index in [9.17, 15) is 5.11 Å². The lowest BCUT2D eigenvalue weighted by Gasteiger charge is -2.17. The van der Waals surface area contributed by atoms with Crippen LogP contribution in [0.25, 0.3) is 11.4 Å². The van der Waals surface area contributed by atoms with E-state index in [-0.39, 0.29) is 6.10 Å². The van der Waals surface area contributed by atoms with Crippen LogP contribution in [0.5, 0.6) is 5.75 Å². The van der Waals surface area contributed by atoms with E-state index in [1.165, 1.54) is 5.56 Å². The van der Waals surface area contributed by atoms with Crippen LogP contribution in [0, 0.1) is 0 Å². The summed E-state index contributed by atoms with van der Waals surface area (Å²) < 4.78 is 5.73. The molecule has 2 aliphatic heterocycles. The molecule has 0 saturated carbocycles. The summed E-state index contributed by atoms with van der Waals surface area (Å²) in [4.78, 5) is 11.2. The largest absolute Gasteiger partial charge is 0.492 e. The second kappa shape index (κ2) is 5.00. The standard InChI is InChI=1S/C16H17N3O2/c20-12-5-8-19(10-12)14-4-7-17-16(18-14)13-3-1-2-11-6-9-21-15(11)13/h1-4,7,12,20H,5-6,8-10H2/t12-/m1/s1. The fourth-order valence-corrected chi connectivity index (χ4v) is 3.00. The van der Waals surface area contributed by atoms with Gasteiger partial charge < -0.3 is 14.7 Å². The second-order valence-corrected chi connectivity index (χ2v) is 5.52. The number of ether oxygens (including phenoxy) is 1. The molecule has 0 bridgehead atoms. The third kappa shape index (κ3) is 2.23. The van der Waals surface area contributed by atoms with Crippen molar-refractivity contribution in [3.05, 3.63) is 36.0 Å². The Balaban J connectivity index is 1.72. The van der Waals surface area contributed by atoms with Gasteiger partial charge in [0.2, 0.25) is 0 Å². The number of hydrogen-bond donors (Lipinski definition) is 1. The lowest BCUT2D eigenvalue weighted by molar-refractivity contribution is 0.198. The molecule has 0 amide bonds. The molecule has 108 valence electrons. The van der Waals surface area contributed by atoms with E-state index in [0.29, 0.717) is 12.4 Å². The number of anilines is 1. The zero-order valence-corrected chi connectivity index (χ0v) is 11.7. The van der Waals surface area contributed by atoms with Gasteiger partial charge in [-0.15, -0.1) is 0 Å². The van der Waals surface area contributed by atoms with Crippen LogP contribution in [-0.2, 0) is 6.42 Å². The summed E-state index contributed by atoms with van der Waals surface area (Å²) in [6.07, 6.45) is 3.26. The Hall–Kier alpha value is -2.14. The molecular weight excluding hydrogens is 266 g/mol. The number of aliphatic hydroxyl groups excluding tert-OH is 1. The zero-order valence-electron chi connectivity index (χ0n) is 11.7. The number of nitrogens with zero attached hydrogens (tertiary/aromatic N) is 3. The molecule has 2 aliphatic rings. The molecule has 5 heteroatoms. The maximum atomic E-state index is 9.67. The molecule has 2 aromatic rings. The van der Waals surface area contributed by atoms with E-state index in [0.717, 1.165) is 43.1 Å². The summed E-state index contributed by atoms with van der Waals surface area (Å²) in [5.74, 6) is 2.47. The van der Waals surface area contributed by atoms with Gasteiger partial charge >= 0.3 is 0 Å². The first-order chi connectivity index (χ1) is 10.3. The molecule has 0 radical (unpaired) electrons. The Morgan fingerprint density at radius 3 is 3.10 bits per heavy atom. The van der Waals surface area contributed by atoms with Gasteiger partial charge in [0, 0.05) is 25.7 Å². The van der Waals surface area contributed by atoms with Crippen molar-refractivity contribution in [3.63, 3.8) is 0 Å². The molecule has 0 aliphatic carbocycles. The minimum absolute atomic E-state index is 0.257. The van der Waals surface area contributed by atoms with E-state index >= 15 is 0 Å². The first-order valence-electron chi connectivity index (χ1n) is 7.32. The van der Waals surface area contributed by atoms with Gasteiger partial charge in [-0.1, -0.05) is 12.1 Å². The van der Waals surface area contributed by atoms with Gasteiger partial charge in [-0.2, -0.15) is 0 Å². The van der Waals surface area contributed by atoms with E-state index < -0.39 is 0 Å². The maximum absolute atomic E-state index is 9.67. The van der Waals surface area contributed by atoms with Crippen molar-refractivity contribution in [1.82, 2.24) is 9.97 Å². The second-order valence-electron chi connectivity index (χ2n) is 5.52. The smallest absolute Gasteiger partial charge is 0.165 e. The summed E-state index contributed by atoms with van der Waals surface area (Å²) in [6, 6.07) is 8.01. The Morgan fingerprint density at radius 2 is 2.24 bits per heavy atom. The van der Waals surface area contributed by atoms with Crippen LogP contribution in [0.1, 0.15) is 12.0 Å². The van der Waals surface area contributed by atoms with Crippen LogP contribution < -0.4 is 9.64 Å². The normalized spacial score (nSPS) is 20.4. The fraction of sp³-hybridized carbons (Fsp3) is 0.375. The number of rotatable bonds is 2. The molecule has 1 aromatic heterocycles. The van der Waals surface area contributed by atoms with Crippen molar-refractivity contribution < 1.29 is 9.84 Å². The molecule has 0 spiro atoms. The minimum Gasteiger partial charge on any atom is -0.492 e. The van der Waals surface area contributed by atoms with Gasteiger partial charge in [-0.3, -0.25) is 0 Å². The molecule has 21 heavy (non-hydrogen) atoms. The SMILES string of the molecule is O[C@@H]1CCN(c2ccnc(-c3cccc4c3OCC4)n2)C1. The molecule has 5 nitrogen and oxygen atoms in total. The first kappa shape index (κ1) is 12.6. The average Bonchev–Trinajstić information content (AvgIpc) is 3.15. The summed E-state index contributed by atoms with van der Waals surface area (Å²) in [6.45, 7) is 2.20. The molecule has 3 heterocycles. The molecule has 1 saturated heterocycles. The lowest BCUT2D eigenvalue weighted by atomic mass is 10.1. The average molecular weight is 283 g/mol. The van der Waals surface area contributed by atoms with Crippen LogP contribution in [0.3, 0.4) is 0 Å². The summed E-state index contributed by atoms with van der Waals surface area (Å²) in [5.41, 5.74) is 2.17. The van der Waals surface area contributed by atoms with Crippen molar-refractivity contribution >= 4 is 5.82 Å². The van der Waals surface area contributed by atoms with Gasteiger partial charge in [-0.25, -0.2) is 9.97 Å². The molecule has 4 rings (SSSR count). The predicted molar refractivity (Wildman–Crippen MR) is 79.5 cm³/mol. The lowest BCUT2D eigenvalue weighted by Crippen LogP contribution is -2.22. The monoisotopic (exact) mass is 283 g/mol. The van der Waals surface area contributed by atoms with E-state index in [2.05, 4.69) is 20.9 Å². The van der Waals surface area contributed by atoms with E-state index in [1.54, 1.807) is 6.20 Å². The van der Waals surface area contributed by atoms with E-state index in [1.807, 2.05) is 18.2 Å². The quantitative estimate of drug-likeness (QED) is 0.908. The highest BCUT2D eigenvalue weighted by molar-refractivity contribution is 5.68. The van der Waals surface area contributed by atoms with Crippen molar-refractivity contribution in [1.29, 1.82) is 0 Å². The first-order valence-corrected chi connectivity index (χ1v) is 7.32. The summed E-state index contributed by atoms with van der Waals surface area (Å²) >= 11 is 0. The fourth-order valence-electron chi connectivity index (χ4n) is 3.00. The predicted octanol–water partition coefficient (Wildman–Crippen LogP) is 1.65. The van der Waals surface area contributed by atoms with Crippen LogP contribution in [0.4, 0.5) is 5.82 Å². The molecule has 1 aromatic carbocycles. The number of hydrogen-bond acceptors (Lipinski definition) is 5. The number of benzene rings is 1. The Kier molecular flexibility index (Phi) is 3.00. The Bertz CT molecular complexity index is 674. The summed E-state index contributed by atoms with van der Waals surface area (Å²) in [7, 11) is 0. The Morgan fingerprint density at radius 1 is 1.29 bits per heavy atom. The number of β-amino-alcohol motifs (C(OH)–C–C–N with tert-alkyl or cyclic N) is 1. The number of para-hydroxylation sites is 1. The van der Waals surface area contributed by atoms with Crippen molar-refractivity contribution in [2.75, 3.05) is 24.6 Å². The molecule has 1 N–H and O–H groups in total. The third-order valence-corrected chi connectivity index (χ3v) is 4.08. The van der Waals surface area contributed by atoms with Crippen LogP contribution in [-0.4, -0.2) is 40.9 Å². The highest BCUT2D eigenvalue weighted by Crippen LogP contribution is 2.35. The highest BCUT2D eigenvalue weighted by atomic mass is 16.5. The van der Waals surface area contributed by atoms with Crippen LogP contribution in [0.15, 0.2) is 30.5 Å². The number of aromatic nitrogens is 2. The Labute approximate surface area is 123 Å². The minimum atomic E-state index is -0.257. The van der Waals surface area contributed by atoms with Crippen molar-refractivity contribution in [2.24, 2.45) is 0 Å². The van der Waals surface area contributed by atoms with Gasteiger partial charge in [0.25, 0.3) is 0 Å². The third-order valence-electron chi connectivity index (χ3n) is 4.08. The van der Waals surface area contributed by atoms with Crippen molar-refractivity contribution in [3.8, 4) is 17.1 Å². The topological polar surface area (TPSA) is 58.5 Å². The zero-order chi connectivity index (χ0) is 14.2. The molecule has 0 unspecified atom stereocenters. The van der Waals surface area contributed by atoms with Gasteiger partial charge in [0.05, 0.1) is 18.3 Å². The molecule has 1 atom stereocenters. The number of fused-ring (bicyclic) bond motifs is 1. The maximum Gasteiger partial charge on any atom is 0.165 e. The molecule has 1 fully saturated rings.